The van der Waals surface area contributed by atoms with E-state index in [0.717, 1.165) is 11.1 Å². The lowest BCUT2D eigenvalue weighted by atomic mass is 10.0. The van der Waals surface area contributed by atoms with Crippen LogP contribution in [-0.2, 0) is 0 Å². The molecule has 0 spiro atoms. The second-order valence-electron chi connectivity index (χ2n) is 4.46. The first-order valence-corrected chi connectivity index (χ1v) is 7.05. The smallest absolute Gasteiger partial charge is 0.128 e. The minimum atomic E-state index is -0.477. The molecular weight excluding hydrogens is 334 g/mol. The summed E-state index contributed by atoms with van der Waals surface area (Å²) in [5.74, 6) is -0.872. The van der Waals surface area contributed by atoms with Crippen LogP contribution in [0.2, 0.25) is 5.02 Å². The van der Waals surface area contributed by atoms with Gasteiger partial charge in [-0.25, -0.2) is 8.78 Å². The lowest BCUT2D eigenvalue weighted by Gasteiger charge is -2.15. The van der Waals surface area contributed by atoms with Crippen molar-refractivity contribution in [1.82, 2.24) is 0 Å². The number of aryl methyl sites for hydroxylation is 2. The monoisotopic (exact) mass is 344 g/mol. The van der Waals surface area contributed by atoms with Crippen LogP contribution < -0.4 is 0 Å². The zero-order valence-electron chi connectivity index (χ0n) is 10.5. The Labute approximate surface area is 124 Å². The van der Waals surface area contributed by atoms with E-state index in [2.05, 4.69) is 15.9 Å². The summed E-state index contributed by atoms with van der Waals surface area (Å²) < 4.78 is 27.6. The minimum Gasteiger partial charge on any atom is -0.207 e. The molecular formula is C15H12BrClF2. The molecule has 2 rings (SSSR count). The third-order valence-corrected chi connectivity index (χ3v) is 4.55. The zero-order valence-corrected chi connectivity index (χ0v) is 12.8. The number of halogens is 4. The van der Waals surface area contributed by atoms with Crippen molar-refractivity contribution < 1.29 is 8.78 Å². The summed E-state index contributed by atoms with van der Waals surface area (Å²) in [6.45, 7) is 3.41. The average Bonchev–Trinajstić information content (AvgIpc) is 2.36. The second kappa shape index (κ2) is 5.59. The number of benzene rings is 2. The zero-order chi connectivity index (χ0) is 14.2. The van der Waals surface area contributed by atoms with Gasteiger partial charge in [-0.15, -0.1) is 0 Å². The Morgan fingerprint density at radius 3 is 2.37 bits per heavy atom. The fourth-order valence-corrected chi connectivity index (χ4v) is 2.99. The summed E-state index contributed by atoms with van der Waals surface area (Å²) in [7, 11) is 0. The molecule has 0 fully saturated rings. The van der Waals surface area contributed by atoms with Gasteiger partial charge in [0, 0.05) is 10.6 Å². The van der Waals surface area contributed by atoms with Crippen LogP contribution in [0.3, 0.4) is 0 Å². The van der Waals surface area contributed by atoms with Gasteiger partial charge >= 0.3 is 0 Å². The molecule has 1 unspecified atom stereocenters. The molecule has 19 heavy (non-hydrogen) atoms. The molecule has 0 bridgehead atoms. The van der Waals surface area contributed by atoms with E-state index in [0.29, 0.717) is 5.02 Å². The minimum absolute atomic E-state index is 0.246. The van der Waals surface area contributed by atoms with E-state index in [1.807, 2.05) is 19.1 Å². The van der Waals surface area contributed by atoms with Crippen molar-refractivity contribution in [2.24, 2.45) is 0 Å². The van der Waals surface area contributed by atoms with Crippen molar-refractivity contribution in [1.29, 1.82) is 0 Å². The molecule has 0 N–H and O–H groups in total. The first-order chi connectivity index (χ1) is 8.91. The van der Waals surface area contributed by atoms with Gasteiger partial charge in [0.1, 0.15) is 11.6 Å². The van der Waals surface area contributed by atoms with E-state index in [-0.39, 0.29) is 11.1 Å². The molecule has 0 nitrogen and oxygen atoms in total. The van der Waals surface area contributed by atoms with Crippen molar-refractivity contribution in [3.05, 3.63) is 69.2 Å². The predicted molar refractivity (Wildman–Crippen MR) is 78.1 cm³/mol. The van der Waals surface area contributed by atoms with Gasteiger partial charge in [0.15, 0.2) is 0 Å². The van der Waals surface area contributed by atoms with Gasteiger partial charge in [-0.05, 0) is 42.7 Å². The first-order valence-electron chi connectivity index (χ1n) is 5.76. The van der Waals surface area contributed by atoms with Gasteiger partial charge in [-0.2, -0.15) is 0 Å². The molecule has 2 aromatic carbocycles. The molecule has 0 aromatic heterocycles. The molecule has 1 atom stereocenters. The largest absolute Gasteiger partial charge is 0.207 e. The summed E-state index contributed by atoms with van der Waals surface area (Å²) in [6.07, 6.45) is 0. The van der Waals surface area contributed by atoms with Gasteiger partial charge in [-0.3, -0.25) is 0 Å². The Balaban J connectivity index is 2.53. The highest BCUT2D eigenvalue weighted by molar-refractivity contribution is 9.09. The molecule has 0 saturated carbocycles. The molecule has 0 radical (unpaired) electrons. The summed E-state index contributed by atoms with van der Waals surface area (Å²) in [6, 6.07) is 7.92. The summed E-state index contributed by atoms with van der Waals surface area (Å²) in [5.41, 5.74) is 2.16. The van der Waals surface area contributed by atoms with E-state index >= 15 is 0 Å². The summed E-state index contributed by atoms with van der Waals surface area (Å²) >= 11 is 9.61. The Morgan fingerprint density at radius 2 is 1.68 bits per heavy atom. The van der Waals surface area contributed by atoms with Crippen molar-refractivity contribution in [3.63, 3.8) is 0 Å². The molecule has 4 heteroatoms. The van der Waals surface area contributed by atoms with Crippen molar-refractivity contribution in [2.45, 2.75) is 18.7 Å². The maximum atomic E-state index is 14.0. The van der Waals surface area contributed by atoms with Crippen LogP contribution in [0.5, 0.6) is 0 Å². The highest BCUT2D eigenvalue weighted by Crippen LogP contribution is 2.38. The van der Waals surface area contributed by atoms with Crippen molar-refractivity contribution >= 4 is 27.5 Å². The van der Waals surface area contributed by atoms with Gasteiger partial charge in [0.25, 0.3) is 0 Å². The Bertz CT molecular complexity index is 626. The number of rotatable bonds is 2. The Hall–Kier alpha value is -0.930. The Kier molecular flexibility index (Phi) is 4.26. The van der Waals surface area contributed by atoms with Crippen molar-refractivity contribution in [3.8, 4) is 0 Å². The molecule has 0 aliphatic heterocycles. The van der Waals surface area contributed by atoms with E-state index < -0.39 is 16.5 Å². The van der Waals surface area contributed by atoms with Crippen LogP contribution in [0, 0.1) is 25.5 Å². The fourth-order valence-electron chi connectivity index (χ4n) is 1.89. The maximum Gasteiger partial charge on any atom is 0.128 e. The molecule has 2 aromatic rings. The summed E-state index contributed by atoms with van der Waals surface area (Å²) in [4.78, 5) is -0.477. The van der Waals surface area contributed by atoms with E-state index in [1.165, 1.54) is 19.1 Å². The lowest BCUT2D eigenvalue weighted by molar-refractivity contribution is 0.581. The second-order valence-corrected chi connectivity index (χ2v) is 5.76. The molecule has 0 amide bonds. The van der Waals surface area contributed by atoms with E-state index in [4.69, 9.17) is 11.6 Å². The first kappa shape index (κ1) is 14.5. The van der Waals surface area contributed by atoms with Crippen LogP contribution in [0.4, 0.5) is 8.78 Å². The fraction of sp³-hybridized carbons (Fsp3) is 0.200. The van der Waals surface area contributed by atoms with E-state index in [9.17, 15) is 8.78 Å². The Morgan fingerprint density at radius 1 is 1.00 bits per heavy atom. The quantitative estimate of drug-likeness (QED) is 0.611. The predicted octanol–water partition coefficient (Wildman–Crippen LogP) is 5.72. The number of hydrogen-bond donors (Lipinski definition) is 0. The van der Waals surface area contributed by atoms with Gasteiger partial charge in [-0.1, -0.05) is 45.7 Å². The number of hydrogen-bond acceptors (Lipinski definition) is 0. The summed E-state index contributed by atoms with van der Waals surface area (Å²) in [5, 5.41) is 0.560. The van der Waals surface area contributed by atoms with Gasteiger partial charge < -0.3 is 0 Å². The van der Waals surface area contributed by atoms with Crippen LogP contribution in [0.25, 0.3) is 0 Å². The van der Waals surface area contributed by atoms with Crippen molar-refractivity contribution in [2.75, 3.05) is 0 Å². The van der Waals surface area contributed by atoms with E-state index in [1.54, 1.807) is 6.07 Å². The van der Waals surface area contributed by atoms with Crippen LogP contribution in [0.1, 0.15) is 27.1 Å². The highest BCUT2D eigenvalue weighted by Gasteiger charge is 2.19. The third kappa shape index (κ3) is 2.82. The van der Waals surface area contributed by atoms with Gasteiger partial charge in [0.2, 0.25) is 0 Å². The maximum absolute atomic E-state index is 14.0. The molecule has 0 heterocycles. The topological polar surface area (TPSA) is 0 Å². The SMILES string of the molecule is Cc1cc(F)c(C(Br)c2cccc(C)c2Cl)cc1F. The third-order valence-electron chi connectivity index (χ3n) is 3.05. The van der Waals surface area contributed by atoms with Crippen LogP contribution >= 0.6 is 27.5 Å². The van der Waals surface area contributed by atoms with Crippen LogP contribution in [0.15, 0.2) is 30.3 Å². The lowest BCUT2D eigenvalue weighted by Crippen LogP contribution is -2.00. The van der Waals surface area contributed by atoms with Crippen LogP contribution in [-0.4, -0.2) is 0 Å². The number of alkyl halides is 1. The normalized spacial score (nSPS) is 12.5. The molecule has 0 saturated heterocycles. The standard InChI is InChI=1S/C15H12BrClF2/c1-8-4-3-5-10(15(8)17)14(16)11-7-12(18)9(2)6-13(11)19/h3-7,14H,1-2H3. The average molecular weight is 346 g/mol. The molecule has 0 aliphatic carbocycles. The molecule has 0 aliphatic rings. The molecule has 100 valence electrons. The highest BCUT2D eigenvalue weighted by atomic mass is 79.9. The van der Waals surface area contributed by atoms with Gasteiger partial charge in [0.05, 0.1) is 4.83 Å².